The Morgan fingerprint density at radius 2 is 1.38 bits per heavy atom. The maximum atomic E-state index is 12.8. The number of nitrogens with zero attached hydrogens (tertiary/aromatic N) is 1. The third-order valence-corrected chi connectivity index (χ3v) is 4.32. The molecule has 3 aromatic carbocycles. The lowest BCUT2D eigenvalue weighted by Gasteiger charge is -2.22. The van der Waals surface area contributed by atoms with Gasteiger partial charge in [-0.25, -0.2) is 0 Å². The summed E-state index contributed by atoms with van der Waals surface area (Å²) in [6.07, 6.45) is 0. The van der Waals surface area contributed by atoms with E-state index in [1.807, 2.05) is 60.7 Å². The molecule has 3 rings (SSSR count). The fraction of sp³-hybridized carbons (Fsp3) is 0.0476. The van der Waals surface area contributed by atoms with E-state index in [4.69, 9.17) is 0 Å². The molecule has 0 aromatic heterocycles. The minimum Gasteiger partial charge on any atom is -0.318 e. The number of rotatable bonds is 4. The standard InChI is InChI=1S/C21H17BrN2O2/c22-17-11-13-18(14-12-17)23-20(25)21(26)24(19-9-5-2-6-10-19)15-16-7-3-1-4-8-16/h1-14H,15H2,(H,23,25). The van der Waals surface area contributed by atoms with Crippen molar-refractivity contribution in [2.45, 2.75) is 6.54 Å². The molecule has 1 N–H and O–H groups in total. The Labute approximate surface area is 160 Å². The molecular weight excluding hydrogens is 392 g/mol. The molecule has 0 atom stereocenters. The third kappa shape index (κ3) is 4.58. The van der Waals surface area contributed by atoms with Crippen molar-refractivity contribution in [1.29, 1.82) is 0 Å². The van der Waals surface area contributed by atoms with Gasteiger partial charge < -0.3 is 5.32 Å². The largest absolute Gasteiger partial charge is 0.318 e. The van der Waals surface area contributed by atoms with E-state index in [9.17, 15) is 9.59 Å². The lowest BCUT2D eigenvalue weighted by Crippen LogP contribution is -2.39. The van der Waals surface area contributed by atoms with Crippen LogP contribution in [0.25, 0.3) is 0 Å². The van der Waals surface area contributed by atoms with E-state index in [-0.39, 0.29) is 0 Å². The first-order chi connectivity index (χ1) is 12.6. The van der Waals surface area contributed by atoms with Crippen molar-refractivity contribution < 1.29 is 9.59 Å². The number of nitrogens with one attached hydrogen (secondary N) is 1. The van der Waals surface area contributed by atoms with E-state index in [1.165, 1.54) is 4.90 Å². The van der Waals surface area contributed by atoms with Crippen LogP contribution in [0.4, 0.5) is 11.4 Å². The zero-order chi connectivity index (χ0) is 18.4. The highest BCUT2D eigenvalue weighted by molar-refractivity contribution is 9.10. The maximum Gasteiger partial charge on any atom is 0.316 e. The Morgan fingerprint density at radius 3 is 2.00 bits per heavy atom. The third-order valence-electron chi connectivity index (χ3n) is 3.79. The number of para-hydroxylation sites is 1. The highest BCUT2D eigenvalue weighted by atomic mass is 79.9. The normalized spacial score (nSPS) is 10.2. The van der Waals surface area contributed by atoms with Gasteiger partial charge in [-0.1, -0.05) is 64.5 Å². The predicted octanol–water partition coefficient (Wildman–Crippen LogP) is 4.62. The summed E-state index contributed by atoms with van der Waals surface area (Å²) in [6, 6.07) is 25.8. The van der Waals surface area contributed by atoms with E-state index in [0.717, 1.165) is 10.0 Å². The summed E-state index contributed by atoms with van der Waals surface area (Å²) < 4.78 is 0.900. The summed E-state index contributed by atoms with van der Waals surface area (Å²) in [4.78, 5) is 26.8. The van der Waals surface area contributed by atoms with Gasteiger partial charge in [-0.2, -0.15) is 0 Å². The van der Waals surface area contributed by atoms with Gasteiger partial charge in [0.15, 0.2) is 0 Å². The fourth-order valence-electron chi connectivity index (χ4n) is 2.49. The van der Waals surface area contributed by atoms with Crippen LogP contribution >= 0.6 is 15.9 Å². The molecule has 0 fully saturated rings. The molecule has 0 heterocycles. The van der Waals surface area contributed by atoms with E-state index >= 15 is 0 Å². The van der Waals surface area contributed by atoms with Gasteiger partial charge >= 0.3 is 11.8 Å². The SMILES string of the molecule is O=C(Nc1ccc(Br)cc1)C(=O)N(Cc1ccccc1)c1ccccc1. The molecule has 0 aliphatic rings. The molecule has 26 heavy (non-hydrogen) atoms. The fourth-order valence-corrected chi connectivity index (χ4v) is 2.76. The zero-order valence-electron chi connectivity index (χ0n) is 13.9. The highest BCUT2D eigenvalue weighted by Gasteiger charge is 2.23. The van der Waals surface area contributed by atoms with Crippen LogP contribution in [0.3, 0.4) is 0 Å². The van der Waals surface area contributed by atoms with Crippen molar-refractivity contribution in [1.82, 2.24) is 0 Å². The number of amides is 2. The van der Waals surface area contributed by atoms with Crippen molar-refractivity contribution in [2.75, 3.05) is 10.2 Å². The Bertz CT molecular complexity index is 881. The number of hydrogen-bond acceptors (Lipinski definition) is 2. The van der Waals surface area contributed by atoms with Crippen molar-refractivity contribution in [3.05, 3.63) is 95.0 Å². The summed E-state index contributed by atoms with van der Waals surface area (Å²) in [6.45, 7) is 0.317. The number of benzene rings is 3. The summed E-state index contributed by atoms with van der Waals surface area (Å²) in [7, 11) is 0. The molecule has 0 radical (unpaired) electrons. The monoisotopic (exact) mass is 408 g/mol. The quantitative estimate of drug-likeness (QED) is 0.640. The molecule has 3 aromatic rings. The summed E-state index contributed by atoms with van der Waals surface area (Å²) in [5.74, 6) is -1.28. The number of halogens is 1. The molecule has 0 aliphatic carbocycles. The first-order valence-corrected chi connectivity index (χ1v) is 8.90. The number of carbonyl (C=O) groups is 2. The number of carbonyl (C=O) groups excluding carboxylic acids is 2. The summed E-state index contributed by atoms with van der Waals surface area (Å²) in [5.41, 5.74) is 2.19. The number of hydrogen-bond donors (Lipinski definition) is 1. The molecule has 0 spiro atoms. The van der Waals surface area contributed by atoms with E-state index in [2.05, 4.69) is 21.2 Å². The second-order valence-corrected chi connectivity index (χ2v) is 6.59. The smallest absolute Gasteiger partial charge is 0.316 e. The Balaban J connectivity index is 1.82. The van der Waals surface area contributed by atoms with Gasteiger partial charge in [0.2, 0.25) is 0 Å². The second kappa shape index (κ2) is 8.45. The van der Waals surface area contributed by atoms with Gasteiger partial charge in [0, 0.05) is 15.8 Å². The molecule has 5 heteroatoms. The maximum absolute atomic E-state index is 12.8. The Kier molecular flexibility index (Phi) is 5.81. The lowest BCUT2D eigenvalue weighted by molar-refractivity contribution is -0.134. The van der Waals surface area contributed by atoms with E-state index in [1.54, 1.807) is 24.3 Å². The van der Waals surface area contributed by atoms with Crippen LogP contribution < -0.4 is 10.2 Å². The van der Waals surface area contributed by atoms with Crippen molar-refractivity contribution in [3.63, 3.8) is 0 Å². The molecule has 0 aliphatic heterocycles. The van der Waals surface area contributed by atoms with Crippen LogP contribution in [0.2, 0.25) is 0 Å². The first-order valence-electron chi connectivity index (χ1n) is 8.11. The highest BCUT2D eigenvalue weighted by Crippen LogP contribution is 2.19. The van der Waals surface area contributed by atoms with Crippen molar-refractivity contribution in [3.8, 4) is 0 Å². The lowest BCUT2D eigenvalue weighted by atomic mass is 10.2. The van der Waals surface area contributed by atoms with E-state index < -0.39 is 11.8 Å². The topological polar surface area (TPSA) is 49.4 Å². The molecule has 0 bridgehead atoms. The minimum absolute atomic E-state index is 0.317. The molecule has 2 amide bonds. The van der Waals surface area contributed by atoms with Crippen molar-refractivity contribution in [2.24, 2.45) is 0 Å². The summed E-state index contributed by atoms with van der Waals surface area (Å²) in [5, 5.41) is 2.65. The molecular formula is C21H17BrN2O2. The van der Waals surface area contributed by atoms with E-state index in [0.29, 0.717) is 17.9 Å². The van der Waals surface area contributed by atoms with Crippen LogP contribution in [0.1, 0.15) is 5.56 Å². The predicted molar refractivity (Wildman–Crippen MR) is 107 cm³/mol. The van der Waals surface area contributed by atoms with Crippen molar-refractivity contribution >= 4 is 39.1 Å². The van der Waals surface area contributed by atoms with Crippen LogP contribution in [-0.4, -0.2) is 11.8 Å². The van der Waals surface area contributed by atoms with Gasteiger partial charge in [-0.05, 0) is 42.0 Å². The number of anilines is 2. The molecule has 0 saturated carbocycles. The minimum atomic E-state index is -0.674. The average Bonchev–Trinajstić information content (AvgIpc) is 2.69. The van der Waals surface area contributed by atoms with Crippen LogP contribution in [-0.2, 0) is 16.1 Å². The van der Waals surface area contributed by atoms with Crippen LogP contribution in [0, 0.1) is 0 Å². The van der Waals surface area contributed by atoms with Gasteiger partial charge in [-0.3, -0.25) is 14.5 Å². The summed E-state index contributed by atoms with van der Waals surface area (Å²) >= 11 is 3.34. The first kappa shape index (κ1) is 17.9. The molecule has 4 nitrogen and oxygen atoms in total. The Hall–Kier alpha value is -2.92. The van der Waals surface area contributed by atoms with Gasteiger partial charge in [0.05, 0.1) is 6.54 Å². The van der Waals surface area contributed by atoms with Crippen LogP contribution in [0.5, 0.6) is 0 Å². The molecule has 130 valence electrons. The Morgan fingerprint density at radius 1 is 0.808 bits per heavy atom. The zero-order valence-corrected chi connectivity index (χ0v) is 15.5. The second-order valence-electron chi connectivity index (χ2n) is 5.67. The molecule has 0 unspecified atom stereocenters. The van der Waals surface area contributed by atoms with Gasteiger partial charge in [0.1, 0.15) is 0 Å². The van der Waals surface area contributed by atoms with Gasteiger partial charge in [0.25, 0.3) is 0 Å². The molecule has 0 saturated heterocycles. The van der Waals surface area contributed by atoms with Gasteiger partial charge in [-0.15, -0.1) is 0 Å². The van der Waals surface area contributed by atoms with Crippen LogP contribution in [0.15, 0.2) is 89.4 Å². The average molecular weight is 409 g/mol.